The van der Waals surface area contributed by atoms with Crippen LogP contribution in [-0.2, 0) is 30.5 Å². The minimum absolute atomic E-state index is 0.101. The number of carbonyl (C=O) groups is 2. The highest BCUT2D eigenvalue weighted by Crippen LogP contribution is 2.25. The fourth-order valence-electron chi connectivity index (χ4n) is 2.28. The monoisotopic (exact) mass is 399 g/mol. The van der Waals surface area contributed by atoms with Gasteiger partial charge >= 0.3 is 12.1 Å². The van der Waals surface area contributed by atoms with Crippen LogP contribution >= 0.6 is 0 Å². The molecule has 0 saturated heterocycles. The number of ether oxygens (including phenoxy) is 2. The van der Waals surface area contributed by atoms with Gasteiger partial charge in [0.1, 0.15) is 5.60 Å². The van der Waals surface area contributed by atoms with Crippen LogP contribution in [0.2, 0.25) is 0 Å². The van der Waals surface area contributed by atoms with Crippen molar-refractivity contribution in [3.05, 3.63) is 29.8 Å². The van der Waals surface area contributed by atoms with Crippen LogP contribution in [0, 0.1) is 0 Å². The van der Waals surface area contributed by atoms with E-state index < -0.39 is 32.2 Å². The highest BCUT2D eigenvalue weighted by molar-refractivity contribution is 7.92. The van der Waals surface area contributed by atoms with Crippen LogP contribution in [-0.4, -0.2) is 43.7 Å². The summed E-state index contributed by atoms with van der Waals surface area (Å²) in [6, 6.07) is 6.92. The van der Waals surface area contributed by atoms with Crippen LogP contribution in [0.15, 0.2) is 24.3 Å². The first-order valence-corrected chi connectivity index (χ1v) is 10.6. The van der Waals surface area contributed by atoms with Crippen molar-refractivity contribution in [2.75, 3.05) is 18.2 Å². The van der Waals surface area contributed by atoms with Gasteiger partial charge in [0.25, 0.3) is 0 Å². The molecule has 0 aromatic heterocycles. The zero-order chi connectivity index (χ0) is 20.9. The number of hydrogen-bond acceptors (Lipinski definition) is 6. The lowest BCUT2D eigenvalue weighted by atomic mass is 10.00. The van der Waals surface area contributed by atoms with E-state index in [1.54, 1.807) is 52.0 Å². The van der Waals surface area contributed by atoms with E-state index in [1.165, 1.54) is 6.92 Å². The van der Waals surface area contributed by atoms with E-state index in [-0.39, 0.29) is 13.0 Å². The largest absolute Gasteiger partial charge is 0.465 e. The quantitative estimate of drug-likeness (QED) is 0.706. The lowest BCUT2D eigenvalue weighted by Gasteiger charge is -2.25. The second kappa shape index (κ2) is 8.73. The van der Waals surface area contributed by atoms with Crippen LogP contribution in [0.4, 0.5) is 10.5 Å². The summed E-state index contributed by atoms with van der Waals surface area (Å²) in [6.45, 7) is 8.47. The number of esters is 1. The Hall–Kier alpha value is -2.09. The predicted molar refractivity (Wildman–Crippen MR) is 105 cm³/mol. The number of carbonyl (C=O) groups excluding carboxylic acids is 2. The molecule has 152 valence electrons. The zero-order valence-electron chi connectivity index (χ0n) is 16.8. The summed E-state index contributed by atoms with van der Waals surface area (Å²) < 4.78 is 32.8. The fraction of sp³-hybridized carbons (Fsp3) is 0.579. The molecule has 1 amide bonds. The molecule has 1 N–H and O–H groups in total. The third-order valence-electron chi connectivity index (χ3n) is 4.02. The van der Waals surface area contributed by atoms with Crippen molar-refractivity contribution in [2.45, 2.75) is 57.8 Å². The van der Waals surface area contributed by atoms with Crippen molar-refractivity contribution in [2.24, 2.45) is 0 Å². The number of nitrogens with one attached hydrogen (secondary N) is 1. The molecule has 0 aliphatic carbocycles. The lowest BCUT2D eigenvalue weighted by molar-refractivity contribution is -0.146. The van der Waals surface area contributed by atoms with E-state index in [1.807, 2.05) is 0 Å². The van der Waals surface area contributed by atoms with Gasteiger partial charge in [-0.3, -0.25) is 10.1 Å². The molecule has 8 heteroatoms. The maximum absolute atomic E-state index is 12.2. The summed E-state index contributed by atoms with van der Waals surface area (Å²) in [5.41, 5.74) is 0.806. The number of sulfone groups is 1. The van der Waals surface area contributed by atoms with Crippen molar-refractivity contribution >= 4 is 27.6 Å². The Morgan fingerprint density at radius 3 is 2.07 bits per heavy atom. The van der Waals surface area contributed by atoms with Crippen molar-refractivity contribution < 1.29 is 27.5 Å². The van der Waals surface area contributed by atoms with Crippen molar-refractivity contribution in [1.29, 1.82) is 0 Å². The summed E-state index contributed by atoms with van der Waals surface area (Å²) in [5, 5.41) is 2.63. The SMILES string of the molecule is CCOC(=O)C(C)(CCc1ccc(NC(=O)OC(C)(C)C)cc1)S(C)(=O)=O. The van der Waals surface area contributed by atoms with Gasteiger partial charge in [-0.1, -0.05) is 12.1 Å². The number of aryl methyl sites for hydroxylation is 1. The van der Waals surface area contributed by atoms with Crippen LogP contribution in [0.3, 0.4) is 0 Å². The Kier molecular flexibility index (Phi) is 7.42. The highest BCUT2D eigenvalue weighted by Gasteiger charge is 2.44. The molecule has 0 aliphatic rings. The number of anilines is 1. The smallest absolute Gasteiger partial charge is 0.412 e. The molecule has 0 aliphatic heterocycles. The minimum Gasteiger partial charge on any atom is -0.465 e. The maximum Gasteiger partial charge on any atom is 0.412 e. The average Bonchev–Trinajstić information content (AvgIpc) is 2.51. The molecular weight excluding hydrogens is 370 g/mol. The van der Waals surface area contributed by atoms with Gasteiger partial charge in [-0.2, -0.15) is 0 Å². The van der Waals surface area contributed by atoms with E-state index in [2.05, 4.69) is 5.32 Å². The Morgan fingerprint density at radius 2 is 1.63 bits per heavy atom. The van der Waals surface area contributed by atoms with Crippen LogP contribution in [0.5, 0.6) is 0 Å². The Morgan fingerprint density at radius 1 is 1.07 bits per heavy atom. The Labute approximate surface area is 161 Å². The molecule has 0 bridgehead atoms. The molecule has 7 nitrogen and oxygen atoms in total. The fourth-order valence-corrected chi connectivity index (χ4v) is 3.12. The van der Waals surface area contributed by atoms with E-state index >= 15 is 0 Å². The summed E-state index contributed by atoms with van der Waals surface area (Å²) in [4.78, 5) is 23.9. The number of amides is 1. The first kappa shape index (κ1) is 23.0. The predicted octanol–water partition coefficient (Wildman–Crippen LogP) is 3.33. The Bertz CT molecular complexity index is 764. The van der Waals surface area contributed by atoms with Crippen molar-refractivity contribution in [1.82, 2.24) is 0 Å². The minimum atomic E-state index is -3.65. The molecule has 0 fully saturated rings. The molecule has 1 unspecified atom stereocenters. The molecule has 1 rings (SSSR count). The first-order chi connectivity index (χ1) is 12.3. The van der Waals surface area contributed by atoms with Gasteiger partial charge in [-0.05, 0) is 65.2 Å². The highest BCUT2D eigenvalue weighted by atomic mass is 32.2. The maximum atomic E-state index is 12.2. The molecule has 0 saturated carbocycles. The molecular formula is C19H29NO6S. The van der Waals surface area contributed by atoms with E-state index in [0.717, 1.165) is 11.8 Å². The second-order valence-electron chi connectivity index (χ2n) is 7.55. The van der Waals surface area contributed by atoms with Gasteiger partial charge in [0.05, 0.1) is 6.61 Å². The van der Waals surface area contributed by atoms with Crippen LogP contribution < -0.4 is 5.32 Å². The van der Waals surface area contributed by atoms with Crippen molar-refractivity contribution in [3.63, 3.8) is 0 Å². The van der Waals surface area contributed by atoms with Gasteiger partial charge in [0.2, 0.25) is 0 Å². The van der Waals surface area contributed by atoms with Crippen LogP contribution in [0.25, 0.3) is 0 Å². The third-order valence-corrected chi connectivity index (χ3v) is 6.02. The van der Waals surface area contributed by atoms with Crippen LogP contribution in [0.1, 0.15) is 46.6 Å². The van der Waals surface area contributed by atoms with Gasteiger partial charge in [0, 0.05) is 11.9 Å². The van der Waals surface area contributed by atoms with E-state index in [4.69, 9.17) is 9.47 Å². The van der Waals surface area contributed by atoms with Gasteiger partial charge < -0.3 is 9.47 Å². The molecule has 27 heavy (non-hydrogen) atoms. The number of hydrogen-bond donors (Lipinski definition) is 1. The first-order valence-electron chi connectivity index (χ1n) is 8.74. The molecule has 1 aromatic rings. The average molecular weight is 400 g/mol. The number of benzene rings is 1. The summed E-state index contributed by atoms with van der Waals surface area (Å²) in [6.07, 6.45) is 0.957. The normalized spacial score (nSPS) is 14.1. The van der Waals surface area contributed by atoms with Gasteiger partial charge in [0.15, 0.2) is 14.6 Å². The summed E-state index contributed by atoms with van der Waals surface area (Å²) in [5.74, 6) is -0.740. The standard InChI is InChI=1S/C19H29NO6S/c1-7-25-16(21)19(5,27(6,23)24)13-12-14-8-10-15(11-9-14)20-17(22)26-18(2,3)4/h8-11H,7,12-13H2,1-6H3,(H,20,22). The zero-order valence-corrected chi connectivity index (χ0v) is 17.6. The number of rotatable bonds is 7. The molecule has 1 aromatic carbocycles. The van der Waals surface area contributed by atoms with E-state index in [9.17, 15) is 18.0 Å². The van der Waals surface area contributed by atoms with Crippen molar-refractivity contribution in [3.8, 4) is 0 Å². The van der Waals surface area contributed by atoms with Gasteiger partial charge in [-0.15, -0.1) is 0 Å². The lowest BCUT2D eigenvalue weighted by Crippen LogP contribution is -2.44. The molecule has 0 spiro atoms. The summed E-state index contributed by atoms with van der Waals surface area (Å²) >= 11 is 0. The topological polar surface area (TPSA) is 98.8 Å². The van der Waals surface area contributed by atoms with E-state index in [0.29, 0.717) is 12.1 Å². The Balaban J connectivity index is 2.79. The third kappa shape index (κ3) is 6.86. The molecule has 1 atom stereocenters. The molecule has 0 heterocycles. The molecule has 0 radical (unpaired) electrons. The second-order valence-corrected chi connectivity index (χ2v) is 9.99. The summed E-state index contributed by atoms with van der Waals surface area (Å²) in [7, 11) is -3.65. The van der Waals surface area contributed by atoms with Gasteiger partial charge in [-0.25, -0.2) is 13.2 Å².